The molecule has 0 aromatic carbocycles. The van der Waals surface area contributed by atoms with E-state index in [1.54, 1.807) is 7.11 Å². The summed E-state index contributed by atoms with van der Waals surface area (Å²) in [7, 11) is 3.97. The van der Waals surface area contributed by atoms with Crippen LogP contribution in [0.4, 0.5) is 0 Å². The molecule has 0 bridgehead atoms. The van der Waals surface area contributed by atoms with Gasteiger partial charge in [0.15, 0.2) is 0 Å². The lowest BCUT2D eigenvalue weighted by molar-refractivity contribution is 0.163. The molecule has 0 aliphatic carbocycles. The van der Waals surface area contributed by atoms with E-state index in [1.807, 2.05) is 0 Å². The first kappa shape index (κ1) is 8.02. The summed E-state index contributed by atoms with van der Waals surface area (Å²) in [4.78, 5) is 2.43. The molecule has 1 saturated heterocycles. The lowest BCUT2D eigenvalue weighted by atomic mass is 10.2. The van der Waals surface area contributed by atoms with E-state index in [2.05, 4.69) is 11.9 Å². The Labute approximate surface area is 63.2 Å². The predicted molar refractivity (Wildman–Crippen MR) is 42.1 cm³/mol. The maximum absolute atomic E-state index is 5.03. The van der Waals surface area contributed by atoms with Crippen LogP contribution in [0.5, 0.6) is 0 Å². The van der Waals surface area contributed by atoms with Gasteiger partial charge in [-0.2, -0.15) is 0 Å². The first-order valence-electron chi connectivity index (χ1n) is 4.04. The minimum Gasteiger partial charge on any atom is -0.385 e. The summed E-state index contributed by atoms with van der Waals surface area (Å²) in [6, 6.07) is 0.792. The van der Waals surface area contributed by atoms with E-state index < -0.39 is 0 Å². The fourth-order valence-corrected chi connectivity index (χ4v) is 1.60. The van der Waals surface area contributed by atoms with Crippen LogP contribution >= 0.6 is 0 Å². The van der Waals surface area contributed by atoms with Crippen LogP contribution in [0.15, 0.2) is 0 Å². The van der Waals surface area contributed by atoms with Crippen molar-refractivity contribution in [3.63, 3.8) is 0 Å². The zero-order valence-corrected chi connectivity index (χ0v) is 6.97. The van der Waals surface area contributed by atoms with Crippen molar-refractivity contribution in [3.05, 3.63) is 0 Å². The largest absolute Gasteiger partial charge is 0.385 e. The molecule has 1 rings (SSSR count). The highest BCUT2D eigenvalue weighted by Gasteiger charge is 2.19. The molecule has 0 spiro atoms. The number of likely N-dealkylation sites (tertiary alicyclic amines) is 1. The maximum Gasteiger partial charge on any atom is 0.0477 e. The third-order valence-electron chi connectivity index (χ3n) is 2.33. The minimum absolute atomic E-state index is 0.792. The summed E-state index contributed by atoms with van der Waals surface area (Å²) in [5.74, 6) is 0. The predicted octanol–water partition coefficient (Wildman–Crippen LogP) is 1.12. The van der Waals surface area contributed by atoms with Crippen LogP contribution in [0.2, 0.25) is 0 Å². The van der Waals surface area contributed by atoms with Crippen molar-refractivity contribution in [2.24, 2.45) is 0 Å². The summed E-state index contributed by atoms with van der Waals surface area (Å²) in [5, 5.41) is 0. The van der Waals surface area contributed by atoms with Gasteiger partial charge in [0.05, 0.1) is 0 Å². The first-order chi connectivity index (χ1) is 4.84. The Bertz CT molecular complexity index is 95.3. The zero-order valence-electron chi connectivity index (χ0n) is 6.97. The van der Waals surface area contributed by atoms with Gasteiger partial charge in [-0.15, -0.1) is 0 Å². The Hall–Kier alpha value is -0.0800. The van der Waals surface area contributed by atoms with E-state index in [-0.39, 0.29) is 0 Å². The Morgan fingerprint density at radius 2 is 2.40 bits per heavy atom. The van der Waals surface area contributed by atoms with E-state index >= 15 is 0 Å². The molecule has 1 heterocycles. The quantitative estimate of drug-likeness (QED) is 0.587. The Morgan fingerprint density at radius 1 is 1.60 bits per heavy atom. The molecule has 1 aliphatic rings. The van der Waals surface area contributed by atoms with Crippen molar-refractivity contribution >= 4 is 0 Å². The lowest BCUT2D eigenvalue weighted by Gasteiger charge is -2.18. The Balaban J connectivity index is 2.14. The van der Waals surface area contributed by atoms with Crippen molar-refractivity contribution in [1.82, 2.24) is 4.90 Å². The van der Waals surface area contributed by atoms with Gasteiger partial charge in [0.1, 0.15) is 0 Å². The van der Waals surface area contributed by atoms with Crippen molar-refractivity contribution < 1.29 is 4.74 Å². The molecule has 0 amide bonds. The summed E-state index contributed by atoms with van der Waals surface area (Å²) in [6.07, 6.45) is 3.93. The number of nitrogens with zero attached hydrogens (tertiary/aromatic N) is 1. The molecule has 0 radical (unpaired) electrons. The average molecular weight is 143 g/mol. The van der Waals surface area contributed by atoms with E-state index in [0.29, 0.717) is 0 Å². The molecule has 1 atom stereocenters. The highest BCUT2D eigenvalue weighted by molar-refractivity contribution is 4.75. The molecule has 2 nitrogen and oxygen atoms in total. The number of rotatable bonds is 3. The standard InChI is InChI=1S/C8H17NO/c1-9-6-3-4-8(9)5-7-10-2/h8H,3-7H2,1-2H3/t8-/m1/s1. The number of hydrogen-bond acceptors (Lipinski definition) is 2. The van der Waals surface area contributed by atoms with Crippen molar-refractivity contribution in [3.8, 4) is 0 Å². The molecule has 0 aromatic heterocycles. The highest BCUT2D eigenvalue weighted by atomic mass is 16.5. The maximum atomic E-state index is 5.03. The topological polar surface area (TPSA) is 12.5 Å². The van der Waals surface area contributed by atoms with Gasteiger partial charge >= 0.3 is 0 Å². The van der Waals surface area contributed by atoms with Gasteiger partial charge < -0.3 is 9.64 Å². The summed E-state index contributed by atoms with van der Waals surface area (Å²) < 4.78 is 5.03. The molecule has 1 fully saturated rings. The minimum atomic E-state index is 0.792. The van der Waals surface area contributed by atoms with Crippen molar-refractivity contribution in [1.29, 1.82) is 0 Å². The van der Waals surface area contributed by atoms with Crippen LogP contribution in [-0.4, -0.2) is 38.3 Å². The van der Waals surface area contributed by atoms with Crippen LogP contribution in [0.25, 0.3) is 0 Å². The Kier molecular flexibility index (Phi) is 3.16. The normalized spacial score (nSPS) is 27.6. The summed E-state index contributed by atoms with van der Waals surface area (Å²) in [6.45, 7) is 2.18. The second kappa shape index (κ2) is 3.94. The van der Waals surface area contributed by atoms with Gasteiger partial charge in [-0.05, 0) is 32.9 Å². The van der Waals surface area contributed by atoms with Crippen molar-refractivity contribution in [2.75, 3.05) is 27.3 Å². The summed E-state index contributed by atoms with van der Waals surface area (Å²) in [5.41, 5.74) is 0. The zero-order chi connectivity index (χ0) is 7.40. The molecular weight excluding hydrogens is 126 g/mol. The molecule has 0 aromatic rings. The first-order valence-corrected chi connectivity index (χ1v) is 4.04. The van der Waals surface area contributed by atoms with Crippen LogP contribution in [0.3, 0.4) is 0 Å². The van der Waals surface area contributed by atoms with E-state index in [1.165, 1.54) is 25.8 Å². The lowest BCUT2D eigenvalue weighted by Crippen LogP contribution is -2.25. The van der Waals surface area contributed by atoms with Gasteiger partial charge in [-0.3, -0.25) is 0 Å². The van der Waals surface area contributed by atoms with Crippen LogP contribution in [0, 0.1) is 0 Å². The SMILES string of the molecule is COCC[C@H]1CCCN1C. The Morgan fingerprint density at radius 3 is 2.90 bits per heavy atom. The molecular formula is C8H17NO. The van der Waals surface area contributed by atoms with Crippen LogP contribution < -0.4 is 0 Å². The van der Waals surface area contributed by atoms with Gasteiger partial charge in [-0.1, -0.05) is 0 Å². The van der Waals surface area contributed by atoms with E-state index in [0.717, 1.165) is 12.6 Å². The monoisotopic (exact) mass is 143 g/mol. The van der Waals surface area contributed by atoms with E-state index in [9.17, 15) is 0 Å². The summed E-state index contributed by atoms with van der Waals surface area (Å²) >= 11 is 0. The van der Waals surface area contributed by atoms with E-state index in [4.69, 9.17) is 4.74 Å². The molecule has 0 N–H and O–H groups in total. The van der Waals surface area contributed by atoms with Gasteiger partial charge in [-0.25, -0.2) is 0 Å². The van der Waals surface area contributed by atoms with Crippen molar-refractivity contribution in [2.45, 2.75) is 25.3 Å². The second-order valence-electron chi connectivity index (χ2n) is 3.06. The second-order valence-corrected chi connectivity index (χ2v) is 3.06. The third kappa shape index (κ3) is 1.96. The number of hydrogen-bond donors (Lipinski definition) is 0. The van der Waals surface area contributed by atoms with Crippen LogP contribution in [0.1, 0.15) is 19.3 Å². The van der Waals surface area contributed by atoms with Gasteiger partial charge in [0, 0.05) is 19.8 Å². The number of ether oxygens (including phenoxy) is 1. The molecule has 60 valence electrons. The molecule has 0 unspecified atom stereocenters. The average Bonchev–Trinajstić information content (AvgIpc) is 2.31. The fraction of sp³-hybridized carbons (Fsp3) is 1.00. The molecule has 10 heavy (non-hydrogen) atoms. The molecule has 2 heteroatoms. The smallest absolute Gasteiger partial charge is 0.0477 e. The fourth-order valence-electron chi connectivity index (χ4n) is 1.60. The highest BCUT2D eigenvalue weighted by Crippen LogP contribution is 2.17. The molecule has 0 saturated carbocycles. The third-order valence-corrected chi connectivity index (χ3v) is 2.33. The van der Waals surface area contributed by atoms with Gasteiger partial charge in [0.25, 0.3) is 0 Å². The van der Waals surface area contributed by atoms with Gasteiger partial charge in [0.2, 0.25) is 0 Å². The number of methoxy groups -OCH3 is 1. The molecule has 1 aliphatic heterocycles. The van der Waals surface area contributed by atoms with Crippen LogP contribution in [-0.2, 0) is 4.74 Å².